The highest BCUT2D eigenvalue weighted by Crippen LogP contribution is 2.48. The molecule has 3 rings (SSSR count). The predicted octanol–water partition coefficient (Wildman–Crippen LogP) is 2.37. The molecule has 1 aromatic rings. The van der Waals surface area contributed by atoms with Gasteiger partial charge in [0.25, 0.3) is 0 Å². The molecule has 0 aromatic heterocycles. The SMILES string of the molecule is CCOCCC1(CNC(=NCC(=O)N(C)C)NC2CCc3ccccc3C2)CC1. The highest BCUT2D eigenvalue weighted by Gasteiger charge is 2.42. The standard InChI is InChI=1S/C23H36N4O2/c1-4-29-14-13-23(11-12-23)17-25-22(24-16-21(28)27(2)3)26-20-10-9-18-7-5-6-8-19(18)15-20/h5-8,20H,4,9-17H2,1-3H3,(H2,24,25,26). The van der Waals surface area contributed by atoms with Gasteiger partial charge in [-0.05, 0) is 62.0 Å². The number of benzene rings is 1. The van der Waals surface area contributed by atoms with E-state index in [9.17, 15) is 4.79 Å². The molecule has 6 heteroatoms. The van der Waals surface area contributed by atoms with Crippen molar-refractivity contribution in [3.05, 3.63) is 35.4 Å². The first kappa shape index (κ1) is 21.6. The van der Waals surface area contributed by atoms with Gasteiger partial charge in [0, 0.05) is 39.9 Å². The van der Waals surface area contributed by atoms with Crippen molar-refractivity contribution in [1.82, 2.24) is 15.5 Å². The van der Waals surface area contributed by atoms with Crippen LogP contribution in [0.1, 0.15) is 43.7 Å². The van der Waals surface area contributed by atoms with Crippen molar-refractivity contribution in [2.75, 3.05) is 40.4 Å². The Morgan fingerprint density at radius 1 is 1.28 bits per heavy atom. The minimum atomic E-state index is 0.0116. The maximum Gasteiger partial charge on any atom is 0.243 e. The Morgan fingerprint density at radius 3 is 2.72 bits per heavy atom. The number of carbonyl (C=O) groups excluding carboxylic acids is 1. The van der Waals surface area contributed by atoms with Gasteiger partial charge >= 0.3 is 0 Å². The first-order chi connectivity index (χ1) is 14.0. The van der Waals surface area contributed by atoms with Gasteiger partial charge in [0.1, 0.15) is 6.54 Å². The number of amides is 1. The van der Waals surface area contributed by atoms with Gasteiger partial charge in [-0.25, -0.2) is 4.99 Å². The van der Waals surface area contributed by atoms with E-state index in [2.05, 4.69) is 39.9 Å². The molecule has 2 aliphatic rings. The van der Waals surface area contributed by atoms with Gasteiger partial charge in [0.2, 0.25) is 5.91 Å². The summed E-state index contributed by atoms with van der Waals surface area (Å²) < 4.78 is 5.55. The Bertz CT molecular complexity index is 713. The summed E-state index contributed by atoms with van der Waals surface area (Å²) >= 11 is 0. The second-order valence-electron chi connectivity index (χ2n) is 8.61. The van der Waals surface area contributed by atoms with Gasteiger partial charge in [0.15, 0.2) is 5.96 Å². The normalized spacial score (nSPS) is 20.0. The van der Waals surface area contributed by atoms with Crippen LogP contribution in [0.4, 0.5) is 0 Å². The van der Waals surface area contributed by atoms with Crippen molar-refractivity contribution in [2.24, 2.45) is 10.4 Å². The molecule has 1 amide bonds. The van der Waals surface area contributed by atoms with E-state index in [-0.39, 0.29) is 12.5 Å². The minimum Gasteiger partial charge on any atom is -0.382 e. The first-order valence-electron chi connectivity index (χ1n) is 10.9. The number of ether oxygens (including phenoxy) is 1. The quantitative estimate of drug-likeness (QED) is 0.379. The topological polar surface area (TPSA) is 66.0 Å². The van der Waals surface area contributed by atoms with E-state index in [1.807, 2.05) is 6.92 Å². The van der Waals surface area contributed by atoms with E-state index < -0.39 is 0 Å². The van der Waals surface area contributed by atoms with Crippen LogP contribution < -0.4 is 10.6 Å². The summed E-state index contributed by atoms with van der Waals surface area (Å²) in [5.41, 5.74) is 3.19. The summed E-state index contributed by atoms with van der Waals surface area (Å²) in [7, 11) is 3.53. The lowest BCUT2D eigenvalue weighted by Gasteiger charge is -2.28. The molecule has 2 N–H and O–H groups in total. The lowest BCUT2D eigenvalue weighted by molar-refractivity contribution is -0.127. The van der Waals surface area contributed by atoms with Crippen LogP contribution in [-0.2, 0) is 22.4 Å². The Balaban J connectivity index is 1.59. The van der Waals surface area contributed by atoms with Crippen LogP contribution in [0.3, 0.4) is 0 Å². The largest absolute Gasteiger partial charge is 0.382 e. The van der Waals surface area contributed by atoms with Crippen molar-refractivity contribution in [3.8, 4) is 0 Å². The highest BCUT2D eigenvalue weighted by molar-refractivity contribution is 5.85. The van der Waals surface area contributed by atoms with Gasteiger partial charge in [-0.15, -0.1) is 0 Å². The number of hydrogen-bond donors (Lipinski definition) is 2. The molecule has 0 saturated heterocycles. The number of aryl methyl sites for hydroxylation is 1. The maximum absolute atomic E-state index is 12.0. The summed E-state index contributed by atoms with van der Waals surface area (Å²) in [5.74, 6) is 0.768. The maximum atomic E-state index is 12.0. The third-order valence-corrected chi connectivity index (χ3v) is 6.13. The smallest absolute Gasteiger partial charge is 0.243 e. The summed E-state index contributed by atoms with van der Waals surface area (Å²) in [4.78, 5) is 18.2. The third-order valence-electron chi connectivity index (χ3n) is 6.13. The van der Waals surface area contributed by atoms with Gasteiger partial charge < -0.3 is 20.3 Å². The number of aliphatic imine (C=N–C) groups is 1. The van der Waals surface area contributed by atoms with Crippen molar-refractivity contribution in [2.45, 2.75) is 51.5 Å². The van der Waals surface area contributed by atoms with Gasteiger partial charge in [0.05, 0.1) is 0 Å². The minimum absolute atomic E-state index is 0.0116. The molecule has 1 atom stereocenters. The highest BCUT2D eigenvalue weighted by atomic mass is 16.5. The summed E-state index contributed by atoms with van der Waals surface area (Å²) in [6, 6.07) is 9.01. The number of nitrogens with zero attached hydrogens (tertiary/aromatic N) is 2. The molecule has 0 radical (unpaired) electrons. The molecule has 0 bridgehead atoms. The second kappa shape index (κ2) is 10.1. The van der Waals surface area contributed by atoms with E-state index >= 15 is 0 Å². The molecule has 0 spiro atoms. The Hall–Kier alpha value is -2.08. The first-order valence-corrected chi connectivity index (χ1v) is 10.9. The van der Waals surface area contributed by atoms with Crippen LogP contribution in [0.2, 0.25) is 0 Å². The van der Waals surface area contributed by atoms with Crippen LogP contribution in [0.25, 0.3) is 0 Å². The summed E-state index contributed by atoms with van der Waals surface area (Å²) in [6.45, 7) is 4.67. The fourth-order valence-corrected chi connectivity index (χ4v) is 3.85. The van der Waals surface area contributed by atoms with E-state index in [0.717, 1.165) is 51.4 Å². The molecule has 0 aliphatic heterocycles. The molecule has 29 heavy (non-hydrogen) atoms. The van der Waals surface area contributed by atoms with Crippen molar-refractivity contribution in [3.63, 3.8) is 0 Å². The predicted molar refractivity (Wildman–Crippen MR) is 117 cm³/mol. The Labute approximate surface area is 175 Å². The fourth-order valence-electron chi connectivity index (χ4n) is 3.85. The Morgan fingerprint density at radius 2 is 2.03 bits per heavy atom. The average molecular weight is 401 g/mol. The average Bonchev–Trinajstić information content (AvgIpc) is 3.50. The van der Waals surface area contributed by atoms with Crippen molar-refractivity contribution >= 4 is 11.9 Å². The van der Waals surface area contributed by atoms with Crippen molar-refractivity contribution in [1.29, 1.82) is 0 Å². The molecule has 160 valence electrons. The molecule has 6 nitrogen and oxygen atoms in total. The number of nitrogens with one attached hydrogen (secondary N) is 2. The molecule has 2 aliphatic carbocycles. The number of hydrogen-bond acceptors (Lipinski definition) is 3. The second-order valence-corrected chi connectivity index (χ2v) is 8.61. The Kier molecular flexibility index (Phi) is 7.53. The zero-order chi connectivity index (χ0) is 20.7. The molecule has 0 heterocycles. The van der Waals surface area contributed by atoms with E-state index in [1.165, 1.54) is 24.0 Å². The van der Waals surface area contributed by atoms with Gasteiger partial charge in [-0.2, -0.15) is 0 Å². The number of carbonyl (C=O) groups is 1. The summed E-state index contributed by atoms with van der Waals surface area (Å²) in [5, 5.41) is 7.12. The van der Waals surface area contributed by atoms with Crippen molar-refractivity contribution < 1.29 is 9.53 Å². The van der Waals surface area contributed by atoms with E-state index in [4.69, 9.17) is 4.74 Å². The zero-order valence-electron chi connectivity index (χ0n) is 18.2. The van der Waals surface area contributed by atoms with Gasteiger partial charge in [-0.3, -0.25) is 4.79 Å². The molecule has 1 saturated carbocycles. The lowest BCUT2D eigenvalue weighted by atomic mass is 9.88. The zero-order valence-corrected chi connectivity index (χ0v) is 18.2. The van der Waals surface area contributed by atoms with Crippen LogP contribution >= 0.6 is 0 Å². The number of fused-ring (bicyclic) bond motifs is 1. The van der Waals surface area contributed by atoms with Gasteiger partial charge in [-0.1, -0.05) is 24.3 Å². The lowest BCUT2D eigenvalue weighted by Crippen LogP contribution is -2.47. The van der Waals surface area contributed by atoms with Crippen LogP contribution in [0, 0.1) is 5.41 Å². The summed E-state index contributed by atoms with van der Waals surface area (Å²) in [6.07, 6.45) is 6.69. The van der Waals surface area contributed by atoms with E-state index in [0.29, 0.717) is 11.5 Å². The molecular weight excluding hydrogens is 364 g/mol. The molecule has 1 unspecified atom stereocenters. The fraction of sp³-hybridized carbons (Fsp3) is 0.652. The van der Waals surface area contributed by atoms with Crippen LogP contribution in [0.15, 0.2) is 29.3 Å². The number of guanidine groups is 1. The van der Waals surface area contributed by atoms with Crippen LogP contribution in [0.5, 0.6) is 0 Å². The van der Waals surface area contributed by atoms with Crippen LogP contribution in [-0.4, -0.2) is 63.2 Å². The molecule has 1 fully saturated rings. The number of likely N-dealkylation sites (N-methyl/N-ethyl adjacent to an activating group) is 1. The number of rotatable bonds is 9. The molecule has 1 aromatic carbocycles. The monoisotopic (exact) mass is 400 g/mol. The van der Waals surface area contributed by atoms with E-state index in [1.54, 1.807) is 19.0 Å². The molecular formula is C23H36N4O2. The third kappa shape index (κ3) is 6.46.